The average molecular weight is 659 g/mol. The minimum atomic E-state index is -0.270. The van der Waals surface area contributed by atoms with Crippen molar-refractivity contribution in [3.8, 4) is 44.5 Å². The van der Waals surface area contributed by atoms with Crippen LogP contribution < -0.4 is 0 Å². The summed E-state index contributed by atoms with van der Waals surface area (Å²) in [5.41, 5.74) is 14.0. The average Bonchev–Trinajstić information content (AvgIpc) is 3.46. The smallest absolute Gasteiger partial charge is 0.0435 e. The van der Waals surface area contributed by atoms with Gasteiger partial charge in [0.1, 0.15) is 0 Å². The summed E-state index contributed by atoms with van der Waals surface area (Å²) in [6, 6.07) is 70.1. The second-order valence-corrected chi connectivity index (χ2v) is 14.6. The highest BCUT2D eigenvalue weighted by molar-refractivity contribution is 6.27. The topological polar surface area (TPSA) is 0 Å². The monoisotopic (exact) mass is 658 g/mol. The van der Waals surface area contributed by atoms with E-state index in [1.807, 2.05) is 0 Å². The molecule has 242 valence electrons. The maximum absolute atomic E-state index is 2.46. The third-order valence-corrected chi connectivity index (χ3v) is 11.9. The maximum atomic E-state index is 2.46. The molecule has 11 rings (SSSR count). The molecule has 52 heavy (non-hydrogen) atoms. The first kappa shape index (κ1) is 29.3. The molecule has 0 heterocycles. The summed E-state index contributed by atoms with van der Waals surface area (Å²) in [7, 11) is 0. The number of benzene rings is 10. The van der Waals surface area contributed by atoms with Gasteiger partial charge in [-0.1, -0.05) is 164 Å². The van der Waals surface area contributed by atoms with Gasteiger partial charge in [0.25, 0.3) is 0 Å². The van der Waals surface area contributed by atoms with Crippen molar-refractivity contribution in [3.63, 3.8) is 0 Å². The Bertz CT molecular complexity index is 3010. The summed E-state index contributed by atoms with van der Waals surface area (Å²) in [6.07, 6.45) is 0. The molecule has 0 fully saturated rings. The zero-order valence-electron chi connectivity index (χ0n) is 28.9. The van der Waals surface area contributed by atoms with Crippen molar-refractivity contribution in [3.05, 3.63) is 205 Å². The number of fused-ring (bicyclic) bond motifs is 4. The molecule has 0 saturated heterocycles. The zero-order chi connectivity index (χ0) is 34.4. The molecule has 0 radical (unpaired) electrons. The fourth-order valence-corrected chi connectivity index (χ4v) is 9.27. The lowest BCUT2D eigenvalue weighted by molar-refractivity contribution is 0.715. The van der Waals surface area contributed by atoms with Crippen LogP contribution in [0, 0.1) is 0 Å². The van der Waals surface area contributed by atoms with Crippen molar-refractivity contribution in [2.24, 2.45) is 0 Å². The first-order chi connectivity index (χ1) is 25.6. The molecule has 10 aromatic carbocycles. The largest absolute Gasteiger partial charge is 0.0622 e. The van der Waals surface area contributed by atoms with Crippen LogP contribution in [0.4, 0.5) is 0 Å². The van der Waals surface area contributed by atoms with E-state index in [2.05, 4.69) is 195 Å². The molecule has 0 bridgehead atoms. The molecule has 0 heteroatoms. The molecular weight excluding hydrogens is 625 g/mol. The van der Waals surface area contributed by atoms with Gasteiger partial charge in [-0.25, -0.2) is 0 Å². The van der Waals surface area contributed by atoms with Crippen LogP contribution in [0.25, 0.3) is 87.6 Å². The van der Waals surface area contributed by atoms with Crippen molar-refractivity contribution in [2.75, 3.05) is 0 Å². The van der Waals surface area contributed by atoms with Crippen molar-refractivity contribution >= 4 is 43.1 Å². The second-order valence-electron chi connectivity index (χ2n) is 14.6. The van der Waals surface area contributed by atoms with E-state index >= 15 is 0 Å². The van der Waals surface area contributed by atoms with E-state index in [0.717, 1.165) is 0 Å². The molecule has 0 aliphatic heterocycles. The van der Waals surface area contributed by atoms with Gasteiger partial charge in [0.15, 0.2) is 0 Å². The minimum Gasteiger partial charge on any atom is -0.0622 e. The molecule has 0 amide bonds. The van der Waals surface area contributed by atoms with Crippen LogP contribution in [0.1, 0.15) is 23.6 Å². The van der Waals surface area contributed by atoms with Gasteiger partial charge in [0.2, 0.25) is 0 Å². The normalized spacial score (nSPS) is 15.1. The minimum absolute atomic E-state index is 0.270. The lowest BCUT2D eigenvalue weighted by atomic mass is 9.73. The van der Waals surface area contributed by atoms with Gasteiger partial charge >= 0.3 is 0 Å². The van der Waals surface area contributed by atoms with Gasteiger partial charge in [0, 0.05) is 5.41 Å². The third-order valence-electron chi connectivity index (χ3n) is 11.9. The van der Waals surface area contributed by atoms with E-state index in [4.69, 9.17) is 0 Å². The van der Waals surface area contributed by atoms with E-state index in [1.165, 1.54) is 104 Å². The van der Waals surface area contributed by atoms with Crippen molar-refractivity contribution < 1.29 is 0 Å². The molecule has 1 aliphatic rings. The summed E-state index contributed by atoms with van der Waals surface area (Å²) in [6.45, 7) is 2.41. The SMILES string of the molecule is CC1(c2ccccc2)c2cc(-c3cccc(-c4ccc5ccc6c(-c7ccccc7)ccc7ccc4c5c76)c3)ccc2-c2cc3ccccc3cc21. The highest BCUT2D eigenvalue weighted by Gasteiger charge is 2.41. The van der Waals surface area contributed by atoms with Gasteiger partial charge in [-0.2, -0.15) is 0 Å². The predicted molar refractivity (Wildman–Crippen MR) is 221 cm³/mol. The maximum Gasteiger partial charge on any atom is 0.0435 e. The molecule has 1 atom stereocenters. The Morgan fingerprint density at radius 1 is 0.308 bits per heavy atom. The Morgan fingerprint density at radius 2 is 0.827 bits per heavy atom. The van der Waals surface area contributed by atoms with Gasteiger partial charge in [0.05, 0.1) is 0 Å². The van der Waals surface area contributed by atoms with Crippen LogP contribution in [-0.2, 0) is 5.41 Å². The highest BCUT2D eigenvalue weighted by atomic mass is 14.4. The quantitative estimate of drug-likeness (QED) is 0.165. The summed E-state index contributed by atoms with van der Waals surface area (Å²) < 4.78 is 0. The van der Waals surface area contributed by atoms with Crippen LogP contribution in [0.15, 0.2) is 188 Å². The predicted octanol–water partition coefficient (Wildman–Crippen LogP) is 14.1. The van der Waals surface area contributed by atoms with Gasteiger partial charge in [-0.15, -0.1) is 0 Å². The molecule has 0 N–H and O–H groups in total. The van der Waals surface area contributed by atoms with Crippen LogP contribution >= 0.6 is 0 Å². The molecule has 10 aromatic rings. The van der Waals surface area contributed by atoms with Gasteiger partial charge in [-0.3, -0.25) is 0 Å². The Kier molecular flexibility index (Phi) is 6.19. The number of hydrogen-bond donors (Lipinski definition) is 0. The summed E-state index contributed by atoms with van der Waals surface area (Å²) in [4.78, 5) is 0. The van der Waals surface area contributed by atoms with Crippen LogP contribution in [0.3, 0.4) is 0 Å². The molecule has 1 unspecified atom stereocenters. The Hall–Kier alpha value is -6.50. The van der Waals surface area contributed by atoms with E-state index in [1.54, 1.807) is 0 Å². The fraction of sp³-hybridized carbons (Fsp3) is 0.0385. The highest BCUT2D eigenvalue weighted by Crippen LogP contribution is 2.54. The summed E-state index contributed by atoms with van der Waals surface area (Å²) >= 11 is 0. The second kappa shape index (κ2) is 11.0. The first-order valence-electron chi connectivity index (χ1n) is 18.3. The Labute approximate surface area is 303 Å². The number of hydrogen-bond acceptors (Lipinski definition) is 0. The van der Waals surface area contributed by atoms with Crippen molar-refractivity contribution in [1.29, 1.82) is 0 Å². The van der Waals surface area contributed by atoms with Crippen molar-refractivity contribution in [1.82, 2.24) is 0 Å². The van der Waals surface area contributed by atoms with Gasteiger partial charge < -0.3 is 0 Å². The summed E-state index contributed by atoms with van der Waals surface area (Å²) in [5.74, 6) is 0. The van der Waals surface area contributed by atoms with Gasteiger partial charge in [-0.05, 0) is 135 Å². The third kappa shape index (κ3) is 4.16. The molecule has 0 spiro atoms. The van der Waals surface area contributed by atoms with Crippen LogP contribution in [0.2, 0.25) is 0 Å². The molecular formula is C52H34. The van der Waals surface area contributed by atoms with Crippen molar-refractivity contribution in [2.45, 2.75) is 12.3 Å². The molecule has 0 saturated carbocycles. The van der Waals surface area contributed by atoms with E-state index in [0.29, 0.717) is 0 Å². The van der Waals surface area contributed by atoms with Crippen LogP contribution in [-0.4, -0.2) is 0 Å². The summed E-state index contributed by atoms with van der Waals surface area (Å²) in [5, 5.41) is 10.4. The first-order valence-corrected chi connectivity index (χ1v) is 18.3. The lowest BCUT2D eigenvalue weighted by Crippen LogP contribution is -2.22. The van der Waals surface area contributed by atoms with E-state index in [9.17, 15) is 0 Å². The molecule has 1 aliphatic carbocycles. The molecule has 0 nitrogen and oxygen atoms in total. The molecule has 0 aromatic heterocycles. The zero-order valence-corrected chi connectivity index (χ0v) is 28.9. The standard InChI is InChI=1S/C52H34/c1-52(41-17-6-3-7-18-41)48-32-39(23-26-44(48)47-30-37-13-8-9-14-38(37)31-49(47)52)36-15-10-16-40(29-36)43-25-20-35-21-27-45-42(33-11-4-2-5-12-33)24-19-34-22-28-46(43)51(35)50(34)45/h2-32H,1H3. The Morgan fingerprint density at radius 3 is 1.54 bits per heavy atom. The van der Waals surface area contributed by atoms with E-state index in [-0.39, 0.29) is 5.41 Å². The lowest BCUT2D eigenvalue weighted by Gasteiger charge is -2.29. The fourth-order valence-electron chi connectivity index (χ4n) is 9.27. The Balaban J connectivity index is 1.08. The number of rotatable bonds is 4. The van der Waals surface area contributed by atoms with Crippen LogP contribution in [0.5, 0.6) is 0 Å². The van der Waals surface area contributed by atoms with E-state index < -0.39 is 0 Å².